The van der Waals surface area contributed by atoms with Gasteiger partial charge in [0.15, 0.2) is 6.61 Å². The van der Waals surface area contributed by atoms with Crippen LogP contribution < -0.4 is 4.74 Å². The lowest BCUT2D eigenvalue weighted by Gasteiger charge is -2.04. The first-order valence-corrected chi connectivity index (χ1v) is 6.48. The van der Waals surface area contributed by atoms with E-state index in [1.807, 2.05) is 5.38 Å². The molecule has 88 valence electrons. The number of carbonyl (C=O) groups excluding carboxylic acids is 1. The highest BCUT2D eigenvalue weighted by Crippen LogP contribution is 2.23. The van der Waals surface area contributed by atoms with E-state index < -0.39 is 0 Å². The van der Waals surface area contributed by atoms with Crippen molar-refractivity contribution in [2.45, 2.75) is 0 Å². The van der Waals surface area contributed by atoms with Crippen LogP contribution in [0.15, 0.2) is 40.2 Å². The minimum atomic E-state index is -0.382. The summed E-state index contributed by atoms with van der Waals surface area (Å²) >= 11 is 4.62. The van der Waals surface area contributed by atoms with E-state index in [1.165, 1.54) is 29.5 Å². The molecule has 0 atom stereocenters. The quantitative estimate of drug-likeness (QED) is 0.800. The lowest BCUT2D eigenvalue weighted by molar-refractivity contribution is 0.0924. The molecule has 0 radical (unpaired) electrons. The van der Waals surface area contributed by atoms with E-state index in [1.54, 1.807) is 12.1 Å². The molecule has 1 aromatic carbocycles. The summed E-state index contributed by atoms with van der Waals surface area (Å²) in [5.74, 6) is -0.158. The Labute approximate surface area is 110 Å². The van der Waals surface area contributed by atoms with Crippen LogP contribution in [-0.2, 0) is 0 Å². The third kappa shape index (κ3) is 3.14. The Morgan fingerprint density at radius 2 is 2.24 bits per heavy atom. The summed E-state index contributed by atoms with van der Waals surface area (Å²) < 4.78 is 18.8. The molecule has 17 heavy (non-hydrogen) atoms. The molecule has 0 aliphatic heterocycles. The number of hydrogen-bond donors (Lipinski definition) is 0. The maximum absolute atomic E-state index is 12.9. The topological polar surface area (TPSA) is 26.3 Å². The minimum absolute atomic E-state index is 0.0947. The van der Waals surface area contributed by atoms with Crippen molar-refractivity contribution in [2.75, 3.05) is 6.61 Å². The van der Waals surface area contributed by atoms with Crippen molar-refractivity contribution in [3.8, 4) is 5.75 Å². The average molecular weight is 315 g/mol. The number of thiophene rings is 1. The highest BCUT2D eigenvalue weighted by molar-refractivity contribution is 9.10. The van der Waals surface area contributed by atoms with Gasteiger partial charge in [0.1, 0.15) is 11.6 Å². The van der Waals surface area contributed by atoms with Gasteiger partial charge < -0.3 is 4.74 Å². The molecular formula is C12H8BrFO2S. The smallest absolute Gasteiger partial charge is 0.211 e. The SMILES string of the molecule is O=C(COc1cccc(F)c1)c1sccc1Br. The summed E-state index contributed by atoms with van der Waals surface area (Å²) in [5.41, 5.74) is 0. The van der Waals surface area contributed by atoms with Crippen molar-refractivity contribution >= 4 is 33.0 Å². The lowest BCUT2D eigenvalue weighted by Crippen LogP contribution is -2.10. The molecule has 0 spiro atoms. The van der Waals surface area contributed by atoms with Gasteiger partial charge >= 0.3 is 0 Å². The zero-order valence-corrected chi connectivity index (χ0v) is 11.1. The molecule has 2 rings (SSSR count). The van der Waals surface area contributed by atoms with Crippen molar-refractivity contribution in [1.29, 1.82) is 0 Å². The second kappa shape index (κ2) is 5.42. The molecule has 0 saturated carbocycles. The second-order valence-corrected chi connectivity index (χ2v) is 5.04. The lowest BCUT2D eigenvalue weighted by atomic mass is 10.3. The maximum atomic E-state index is 12.9. The van der Waals surface area contributed by atoms with Crippen molar-refractivity contribution < 1.29 is 13.9 Å². The van der Waals surface area contributed by atoms with E-state index in [2.05, 4.69) is 15.9 Å². The molecule has 2 nitrogen and oxygen atoms in total. The third-order valence-electron chi connectivity index (χ3n) is 2.04. The fourth-order valence-electron chi connectivity index (χ4n) is 1.26. The van der Waals surface area contributed by atoms with Gasteiger partial charge in [-0.25, -0.2) is 4.39 Å². The Hall–Kier alpha value is -1.20. The first kappa shape index (κ1) is 12.3. The number of Topliss-reactive ketones (excluding diaryl/α,β-unsaturated/α-hetero) is 1. The fraction of sp³-hybridized carbons (Fsp3) is 0.0833. The zero-order chi connectivity index (χ0) is 12.3. The van der Waals surface area contributed by atoms with Gasteiger partial charge in [-0.15, -0.1) is 11.3 Å². The molecule has 1 aromatic heterocycles. The molecule has 0 aliphatic rings. The molecule has 2 aromatic rings. The van der Waals surface area contributed by atoms with Crippen molar-refractivity contribution in [2.24, 2.45) is 0 Å². The van der Waals surface area contributed by atoms with E-state index in [4.69, 9.17) is 4.74 Å². The minimum Gasteiger partial charge on any atom is -0.485 e. The van der Waals surface area contributed by atoms with Gasteiger partial charge in [0.05, 0.1) is 4.88 Å². The predicted octanol–water partition coefficient (Wildman–Crippen LogP) is 3.91. The molecule has 0 saturated heterocycles. The van der Waals surface area contributed by atoms with Crippen LogP contribution >= 0.6 is 27.3 Å². The Balaban J connectivity index is 1.99. The molecule has 0 amide bonds. The van der Waals surface area contributed by atoms with Crippen molar-refractivity contribution in [3.05, 3.63) is 50.9 Å². The second-order valence-electron chi connectivity index (χ2n) is 3.27. The third-order valence-corrected chi connectivity index (χ3v) is 3.92. The fourth-order valence-corrected chi connectivity index (χ4v) is 2.78. The van der Waals surface area contributed by atoms with E-state index in [-0.39, 0.29) is 18.2 Å². The Kier molecular flexibility index (Phi) is 3.91. The predicted molar refractivity (Wildman–Crippen MR) is 68.2 cm³/mol. The maximum Gasteiger partial charge on any atom is 0.211 e. The van der Waals surface area contributed by atoms with E-state index in [0.29, 0.717) is 10.6 Å². The van der Waals surface area contributed by atoms with Crippen LogP contribution in [0.4, 0.5) is 4.39 Å². The first-order valence-electron chi connectivity index (χ1n) is 4.81. The monoisotopic (exact) mass is 314 g/mol. The standard InChI is InChI=1S/C12H8BrFO2S/c13-10-4-5-17-12(10)11(15)7-16-9-3-1-2-8(14)6-9/h1-6H,7H2. The van der Waals surface area contributed by atoms with Crippen LogP contribution in [0.2, 0.25) is 0 Å². The molecule has 0 bridgehead atoms. The highest BCUT2D eigenvalue weighted by atomic mass is 79.9. The Bertz CT molecular complexity index is 539. The Morgan fingerprint density at radius 1 is 1.41 bits per heavy atom. The average Bonchev–Trinajstić information content (AvgIpc) is 2.72. The summed E-state index contributed by atoms with van der Waals surface area (Å²) in [5, 5.41) is 1.82. The van der Waals surface area contributed by atoms with Gasteiger partial charge in [0, 0.05) is 10.5 Å². The molecule has 1 heterocycles. The molecule has 0 N–H and O–H groups in total. The number of ether oxygens (including phenoxy) is 1. The molecule has 0 aliphatic carbocycles. The number of hydrogen-bond acceptors (Lipinski definition) is 3. The number of rotatable bonds is 4. The van der Waals surface area contributed by atoms with Crippen LogP contribution in [-0.4, -0.2) is 12.4 Å². The van der Waals surface area contributed by atoms with Gasteiger partial charge in [-0.2, -0.15) is 0 Å². The van der Waals surface area contributed by atoms with Gasteiger partial charge in [0.25, 0.3) is 0 Å². The largest absolute Gasteiger partial charge is 0.485 e. The van der Waals surface area contributed by atoms with E-state index in [0.717, 1.165) is 4.47 Å². The molecule has 0 fully saturated rings. The van der Waals surface area contributed by atoms with E-state index in [9.17, 15) is 9.18 Å². The van der Waals surface area contributed by atoms with Gasteiger partial charge in [0.2, 0.25) is 5.78 Å². The first-order chi connectivity index (χ1) is 8.16. The van der Waals surface area contributed by atoms with Crippen molar-refractivity contribution in [1.82, 2.24) is 0 Å². The number of ketones is 1. The van der Waals surface area contributed by atoms with Crippen LogP contribution in [0.1, 0.15) is 9.67 Å². The normalized spacial score (nSPS) is 10.2. The summed E-state index contributed by atoms with van der Waals surface area (Å²) in [6.07, 6.45) is 0. The number of carbonyl (C=O) groups is 1. The molecule has 0 unspecified atom stereocenters. The summed E-state index contributed by atoms with van der Waals surface area (Å²) in [4.78, 5) is 12.4. The Morgan fingerprint density at radius 3 is 2.88 bits per heavy atom. The molecular weight excluding hydrogens is 307 g/mol. The van der Waals surface area contributed by atoms with Gasteiger partial charge in [-0.1, -0.05) is 6.07 Å². The van der Waals surface area contributed by atoms with Gasteiger partial charge in [-0.05, 0) is 39.5 Å². The van der Waals surface area contributed by atoms with E-state index >= 15 is 0 Å². The number of halogens is 2. The van der Waals surface area contributed by atoms with Crippen LogP contribution in [0.25, 0.3) is 0 Å². The highest BCUT2D eigenvalue weighted by Gasteiger charge is 2.12. The van der Waals surface area contributed by atoms with Gasteiger partial charge in [-0.3, -0.25) is 4.79 Å². The summed E-state index contributed by atoms with van der Waals surface area (Å²) in [6.45, 7) is -0.0947. The number of benzene rings is 1. The zero-order valence-electron chi connectivity index (χ0n) is 8.65. The van der Waals surface area contributed by atoms with Crippen LogP contribution in [0.3, 0.4) is 0 Å². The van der Waals surface area contributed by atoms with Crippen LogP contribution in [0.5, 0.6) is 5.75 Å². The molecule has 5 heteroatoms. The van der Waals surface area contributed by atoms with Crippen LogP contribution in [0, 0.1) is 5.82 Å². The summed E-state index contributed by atoms with van der Waals surface area (Å²) in [6, 6.07) is 7.53. The van der Waals surface area contributed by atoms with Crippen molar-refractivity contribution in [3.63, 3.8) is 0 Å². The summed E-state index contributed by atoms with van der Waals surface area (Å²) in [7, 11) is 0.